The van der Waals surface area contributed by atoms with E-state index in [4.69, 9.17) is 5.73 Å². The lowest BCUT2D eigenvalue weighted by molar-refractivity contribution is 0.130. The van der Waals surface area contributed by atoms with Crippen LogP contribution >= 0.6 is 0 Å². The number of likely N-dealkylation sites (tertiary alicyclic amines) is 1. The van der Waals surface area contributed by atoms with Crippen molar-refractivity contribution in [3.8, 4) is 0 Å². The Hall–Kier alpha value is -0.870. The maximum atomic E-state index is 5.77. The minimum atomic E-state index is 0.736. The van der Waals surface area contributed by atoms with E-state index in [0.29, 0.717) is 0 Å². The lowest BCUT2D eigenvalue weighted by atomic mass is 9.87. The van der Waals surface area contributed by atoms with Crippen LogP contribution in [0.3, 0.4) is 0 Å². The number of piperidine rings is 1. The number of nitrogens with two attached hydrogens (primary N) is 1. The molecule has 2 rings (SSSR count). The molecule has 2 heterocycles. The molecule has 2 N–H and O–H groups in total. The maximum absolute atomic E-state index is 5.77. The van der Waals surface area contributed by atoms with E-state index < -0.39 is 0 Å². The van der Waals surface area contributed by atoms with E-state index in [2.05, 4.69) is 21.4 Å². The van der Waals surface area contributed by atoms with Crippen LogP contribution in [0, 0.1) is 11.8 Å². The number of aryl methyl sites for hydroxylation is 1. The third-order valence-electron chi connectivity index (χ3n) is 3.92. The van der Waals surface area contributed by atoms with Gasteiger partial charge in [-0.1, -0.05) is 6.92 Å². The average Bonchev–Trinajstić information content (AvgIpc) is 2.82. The zero-order chi connectivity index (χ0) is 12.1. The van der Waals surface area contributed by atoms with Gasteiger partial charge in [-0.15, -0.1) is 0 Å². The fourth-order valence-corrected chi connectivity index (χ4v) is 2.73. The van der Waals surface area contributed by atoms with E-state index in [1.165, 1.54) is 32.5 Å². The molecule has 1 aromatic heterocycles. The molecule has 4 heteroatoms. The van der Waals surface area contributed by atoms with Crippen molar-refractivity contribution in [3.05, 3.63) is 18.7 Å². The Morgan fingerprint density at radius 3 is 2.94 bits per heavy atom. The van der Waals surface area contributed by atoms with Crippen LogP contribution in [-0.2, 0) is 6.54 Å². The van der Waals surface area contributed by atoms with Crippen molar-refractivity contribution in [2.24, 2.45) is 17.6 Å². The van der Waals surface area contributed by atoms with Gasteiger partial charge in [0.25, 0.3) is 0 Å². The molecule has 0 aliphatic carbocycles. The summed E-state index contributed by atoms with van der Waals surface area (Å²) in [5.41, 5.74) is 5.77. The Morgan fingerprint density at radius 2 is 2.29 bits per heavy atom. The van der Waals surface area contributed by atoms with Gasteiger partial charge in [0.1, 0.15) is 0 Å². The van der Waals surface area contributed by atoms with Crippen LogP contribution in [0.2, 0.25) is 0 Å². The zero-order valence-electron chi connectivity index (χ0n) is 10.8. The van der Waals surface area contributed by atoms with Gasteiger partial charge >= 0.3 is 0 Å². The van der Waals surface area contributed by atoms with Crippen molar-refractivity contribution in [2.75, 3.05) is 26.2 Å². The lowest BCUT2D eigenvalue weighted by Gasteiger charge is -2.36. The van der Waals surface area contributed by atoms with E-state index >= 15 is 0 Å². The minimum Gasteiger partial charge on any atom is -0.337 e. The van der Waals surface area contributed by atoms with Crippen LogP contribution in [0.1, 0.15) is 19.8 Å². The summed E-state index contributed by atoms with van der Waals surface area (Å²) in [6.07, 6.45) is 8.24. The molecule has 1 fully saturated rings. The molecule has 0 spiro atoms. The highest BCUT2D eigenvalue weighted by Gasteiger charge is 2.24. The third kappa shape index (κ3) is 3.54. The molecule has 1 aliphatic rings. The third-order valence-corrected chi connectivity index (χ3v) is 3.92. The van der Waals surface area contributed by atoms with E-state index in [0.717, 1.165) is 24.9 Å². The fourth-order valence-electron chi connectivity index (χ4n) is 2.73. The molecule has 2 atom stereocenters. The van der Waals surface area contributed by atoms with E-state index in [1.807, 2.05) is 18.7 Å². The first kappa shape index (κ1) is 12.6. The van der Waals surface area contributed by atoms with Crippen molar-refractivity contribution >= 4 is 0 Å². The summed E-state index contributed by atoms with van der Waals surface area (Å²) in [5, 5.41) is 0. The Balaban J connectivity index is 1.67. The Labute approximate surface area is 104 Å². The monoisotopic (exact) mass is 236 g/mol. The first-order valence-electron chi connectivity index (χ1n) is 6.67. The molecule has 1 aliphatic heterocycles. The topological polar surface area (TPSA) is 47.1 Å². The maximum Gasteiger partial charge on any atom is 0.0945 e. The molecule has 4 nitrogen and oxygen atoms in total. The first-order valence-corrected chi connectivity index (χ1v) is 6.67. The molecular weight excluding hydrogens is 212 g/mol. The van der Waals surface area contributed by atoms with Crippen molar-refractivity contribution in [3.63, 3.8) is 0 Å². The molecule has 96 valence electrons. The molecule has 2 unspecified atom stereocenters. The summed E-state index contributed by atoms with van der Waals surface area (Å²) >= 11 is 0. The summed E-state index contributed by atoms with van der Waals surface area (Å²) < 4.78 is 2.15. The Bertz CT molecular complexity index is 309. The molecular formula is C13H24N4. The summed E-state index contributed by atoms with van der Waals surface area (Å²) in [4.78, 5) is 6.63. The molecule has 1 aromatic rings. The van der Waals surface area contributed by atoms with Gasteiger partial charge in [0.15, 0.2) is 0 Å². The molecule has 0 bridgehead atoms. The number of hydrogen-bond acceptors (Lipinski definition) is 3. The second kappa shape index (κ2) is 6.17. The molecule has 17 heavy (non-hydrogen) atoms. The highest BCUT2D eigenvalue weighted by Crippen LogP contribution is 2.22. The van der Waals surface area contributed by atoms with Gasteiger partial charge in [0, 0.05) is 25.5 Å². The standard InChI is InChI=1S/C13H24N4/c1-12-10-16(7-3-13(12)9-14)5-2-6-17-8-4-15-11-17/h4,8,11-13H,2-3,5-7,9-10,14H2,1H3. The summed E-state index contributed by atoms with van der Waals surface area (Å²) in [5.74, 6) is 1.49. The van der Waals surface area contributed by atoms with Gasteiger partial charge in [-0.25, -0.2) is 4.98 Å². The highest BCUT2D eigenvalue weighted by molar-refractivity contribution is 4.79. The predicted molar refractivity (Wildman–Crippen MR) is 69.6 cm³/mol. The number of rotatable bonds is 5. The number of imidazole rings is 1. The van der Waals surface area contributed by atoms with E-state index in [1.54, 1.807) is 0 Å². The van der Waals surface area contributed by atoms with Crippen LogP contribution in [-0.4, -0.2) is 40.6 Å². The summed E-state index contributed by atoms with van der Waals surface area (Å²) in [6.45, 7) is 7.89. The van der Waals surface area contributed by atoms with Gasteiger partial charge in [0.2, 0.25) is 0 Å². The quantitative estimate of drug-likeness (QED) is 0.835. The Kier molecular flexibility index (Phi) is 4.57. The SMILES string of the molecule is CC1CN(CCCn2ccnc2)CCC1CN. The summed E-state index contributed by atoms with van der Waals surface area (Å²) in [6, 6.07) is 0. The fraction of sp³-hybridized carbons (Fsp3) is 0.769. The van der Waals surface area contributed by atoms with Gasteiger partial charge in [0.05, 0.1) is 6.33 Å². The molecule has 0 saturated carbocycles. The average molecular weight is 236 g/mol. The van der Waals surface area contributed by atoms with Crippen molar-refractivity contribution in [1.82, 2.24) is 14.5 Å². The number of aromatic nitrogens is 2. The largest absolute Gasteiger partial charge is 0.337 e. The van der Waals surface area contributed by atoms with Crippen LogP contribution < -0.4 is 5.73 Å². The van der Waals surface area contributed by atoms with Crippen molar-refractivity contribution in [2.45, 2.75) is 26.3 Å². The molecule has 1 saturated heterocycles. The first-order chi connectivity index (χ1) is 8.29. The second-order valence-electron chi connectivity index (χ2n) is 5.22. The predicted octanol–water partition coefficient (Wildman–Crippen LogP) is 1.19. The van der Waals surface area contributed by atoms with Gasteiger partial charge in [-0.2, -0.15) is 0 Å². The van der Waals surface area contributed by atoms with Gasteiger partial charge < -0.3 is 15.2 Å². The van der Waals surface area contributed by atoms with E-state index in [9.17, 15) is 0 Å². The van der Waals surface area contributed by atoms with Crippen LogP contribution in [0.5, 0.6) is 0 Å². The van der Waals surface area contributed by atoms with Gasteiger partial charge in [-0.05, 0) is 44.3 Å². The Morgan fingerprint density at radius 1 is 1.41 bits per heavy atom. The lowest BCUT2D eigenvalue weighted by Crippen LogP contribution is -2.42. The van der Waals surface area contributed by atoms with Crippen LogP contribution in [0.25, 0.3) is 0 Å². The molecule has 0 aromatic carbocycles. The number of hydrogen-bond donors (Lipinski definition) is 1. The van der Waals surface area contributed by atoms with Crippen LogP contribution in [0.15, 0.2) is 18.7 Å². The molecule has 0 radical (unpaired) electrons. The van der Waals surface area contributed by atoms with Gasteiger partial charge in [-0.3, -0.25) is 0 Å². The van der Waals surface area contributed by atoms with Crippen LogP contribution in [0.4, 0.5) is 0 Å². The highest BCUT2D eigenvalue weighted by atomic mass is 15.1. The van der Waals surface area contributed by atoms with Crippen molar-refractivity contribution in [1.29, 1.82) is 0 Å². The smallest absolute Gasteiger partial charge is 0.0945 e. The minimum absolute atomic E-state index is 0.736. The molecule has 0 amide bonds. The summed E-state index contributed by atoms with van der Waals surface area (Å²) in [7, 11) is 0. The number of nitrogens with zero attached hydrogens (tertiary/aromatic N) is 3. The van der Waals surface area contributed by atoms with E-state index in [-0.39, 0.29) is 0 Å². The normalized spacial score (nSPS) is 26.2. The second-order valence-corrected chi connectivity index (χ2v) is 5.22. The zero-order valence-corrected chi connectivity index (χ0v) is 10.8. The van der Waals surface area contributed by atoms with Crippen molar-refractivity contribution < 1.29 is 0 Å².